The molecule has 7 heteroatoms. The van der Waals surface area contributed by atoms with Crippen molar-refractivity contribution in [3.05, 3.63) is 63.1 Å². The molecule has 2 rings (SSSR count). The van der Waals surface area contributed by atoms with Crippen LogP contribution in [0.4, 0.5) is 0 Å². The molecular formula is C24H30Cl2N2O3. The lowest BCUT2D eigenvalue weighted by Gasteiger charge is -2.30. The van der Waals surface area contributed by atoms with E-state index < -0.39 is 6.04 Å². The van der Waals surface area contributed by atoms with Crippen molar-refractivity contribution < 1.29 is 14.3 Å². The number of carbonyl (C=O) groups is 2. The second-order valence-electron chi connectivity index (χ2n) is 7.81. The van der Waals surface area contributed by atoms with Crippen LogP contribution < -0.4 is 10.1 Å². The highest BCUT2D eigenvalue weighted by atomic mass is 35.5. The number of hydrogen-bond acceptors (Lipinski definition) is 3. The summed E-state index contributed by atoms with van der Waals surface area (Å²) in [5.74, 6) is 0.109. The predicted octanol–water partition coefficient (Wildman–Crippen LogP) is 5.32. The van der Waals surface area contributed by atoms with Crippen LogP contribution in [0, 0.1) is 13.8 Å². The molecule has 2 amide bonds. The average Bonchev–Trinajstić information content (AvgIpc) is 2.71. The van der Waals surface area contributed by atoms with E-state index in [9.17, 15) is 9.59 Å². The van der Waals surface area contributed by atoms with E-state index in [2.05, 4.69) is 5.32 Å². The fourth-order valence-corrected chi connectivity index (χ4v) is 3.53. The van der Waals surface area contributed by atoms with E-state index in [0.717, 1.165) is 17.5 Å². The third-order valence-electron chi connectivity index (χ3n) is 5.21. The highest BCUT2D eigenvalue weighted by Crippen LogP contribution is 2.24. The summed E-state index contributed by atoms with van der Waals surface area (Å²) in [6.07, 6.45) is 0.797. The van der Waals surface area contributed by atoms with Gasteiger partial charge in [-0.2, -0.15) is 0 Å². The molecule has 2 aromatic rings. The van der Waals surface area contributed by atoms with Crippen LogP contribution in [0.2, 0.25) is 10.0 Å². The van der Waals surface area contributed by atoms with Gasteiger partial charge >= 0.3 is 0 Å². The fraction of sp³-hybridized carbons (Fsp3) is 0.417. The largest absolute Gasteiger partial charge is 0.483 e. The zero-order valence-electron chi connectivity index (χ0n) is 18.7. The van der Waals surface area contributed by atoms with E-state index in [1.54, 1.807) is 25.1 Å². The van der Waals surface area contributed by atoms with Gasteiger partial charge in [-0.1, -0.05) is 53.9 Å². The van der Waals surface area contributed by atoms with Gasteiger partial charge in [0.05, 0.1) is 0 Å². The standard InChI is InChI=1S/C24H30Cl2N2O3/c1-6-17(4)27-24(30)18(5)28(13-19-8-9-20(25)12-21(19)26)23(29)14-31-22-10-7-15(2)11-16(22)3/h7-12,17-18H,6,13-14H2,1-5H3,(H,27,30)/t17-,18-/m1/s1. The number of ether oxygens (including phenoxy) is 1. The molecule has 2 aromatic carbocycles. The van der Waals surface area contributed by atoms with Gasteiger partial charge in [-0.3, -0.25) is 9.59 Å². The Bertz CT molecular complexity index is 933. The van der Waals surface area contributed by atoms with E-state index in [1.807, 2.05) is 45.9 Å². The van der Waals surface area contributed by atoms with Gasteiger partial charge in [0.2, 0.25) is 5.91 Å². The molecule has 0 saturated heterocycles. The van der Waals surface area contributed by atoms with Crippen LogP contribution in [0.5, 0.6) is 5.75 Å². The molecular weight excluding hydrogens is 435 g/mol. The van der Waals surface area contributed by atoms with Crippen LogP contribution in [0.25, 0.3) is 0 Å². The van der Waals surface area contributed by atoms with Crippen LogP contribution in [0.15, 0.2) is 36.4 Å². The third kappa shape index (κ3) is 7.15. The topological polar surface area (TPSA) is 58.6 Å². The number of rotatable bonds is 9. The molecule has 0 heterocycles. The Hall–Kier alpha value is -2.24. The quantitative estimate of drug-likeness (QED) is 0.545. The number of benzene rings is 2. The Balaban J connectivity index is 2.22. The molecule has 0 saturated carbocycles. The second kappa shape index (κ2) is 11.4. The number of nitrogens with one attached hydrogen (secondary N) is 1. The van der Waals surface area contributed by atoms with Crippen molar-refractivity contribution in [3.8, 4) is 5.75 Å². The molecule has 0 radical (unpaired) electrons. The lowest BCUT2D eigenvalue weighted by molar-refractivity contribution is -0.142. The van der Waals surface area contributed by atoms with E-state index in [4.69, 9.17) is 27.9 Å². The summed E-state index contributed by atoms with van der Waals surface area (Å²) in [5, 5.41) is 3.88. The Labute approximate surface area is 194 Å². The molecule has 168 valence electrons. The smallest absolute Gasteiger partial charge is 0.261 e. The molecule has 1 N–H and O–H groups in total. The Morgan fingerprint density at radius 1 is 1.10 bits per heavy atom. The van der Waals surface area contributed by atoms with E-state index in [1.165, 1.54) is 4.90 Å². The molecule has 2 atom stereocenters. The highest BCUT2D eigenvalue weighted by Gasteiger charge is 2.27. The molecule has 0 fully saturated rings. The van der Waals surface area contributed by atoms with Crippen molar-refractivity contribution in [2.24, 2.45) is 0 Å². The normalized spacial score (nSPS) is 12.7. The number of aryl methyl sites for hydroxylation is 2. The van der Waals surface area contributed by atoms with Gasteiger partial charge in [0.25, 0.3) is 5.91 Å². The van der Waals surface area contributed by atoms with Crippen molar-refractivity contribution >= 4 is 35.0 Å². The number of carbonyl (C=O) groups excluding carboxylic acids is 2. The maximum absolute atomic E-state index is 13.1. The van der Waals surface area contributed by atoms with Crippen LogP contribution in [0.3, 0.4) is 0 Å². The Kier molecular flexibility index (Phi) is 9.20. The minimum atomic E-state index is -0.698. The first-order valence-electron chi connectivity index (χ1n) is 10.4. The van der Waals surface area contributed by atoms with Crippen molar-refractivity contribution in [3.63, 3.8) is 0 Å². The molecule has 0 bridgehead atoms. The minimum absolute atomic E-state index is 0.0116. The number of halogens is 2. The minimum Gasteiger partial charge on any atom is -0.483 e. The Morgan fingerprint density at radius 2 is 1.81 bits per heavy atom. The maximum atomic E-state index is 13.1. The van der Waals surface area contributed by atoms with Crippen LogP contribution in [-0.2, 0) is 16.1 Å². The van der Waals surface area contributed by atoms with Gasteiger partial charge in [0, 0.05) is 22.6 Å². The summed E-state index contributed by atoms with van der Waals surface area (Å²) < 4.78 is 5.78. The molecule has 0 aliphatic heterocycles. The molecule has 0 aromatic heterocycles. The van der Waals surface area contributed by atoms with Gasteiger partial charge in [-0.25, -0.2) is 0 Å². The molecule has 0 aliphatic carbocycles. The summed E-state index contributed by atoms with van der Waals surface area (Å²) in [5.41, 5.74) is 2.77. The molecule has 31 heavy (non-hydrogen) atoms. The van der Waals surface area contributed by atoms with Crippen molar-refractivity contribution in [2.75, 3.05) is 6.61 Å². The average molecular weight is 465 g/mol. The first-order valence-corrected chi connectivity index (χ1v) is 11.1. The maximum Gasteiger partial charge on any atom is 0.261 e. The molecule has 0 unspecified atom stereocenters. The first kappa shape index (κ1) is 25.0. The molecule has 0 aliphatic rings. The molecule has 0 spiro atoms. The van der Waals surface area contributed by atoms with Crippen molar-refractivity contribution in [1.29, 1.82) is 0 Å². The van der Waals surface area contributed by atoms with Gasteiger partial charge in [-0.05, 0) is 63.4 Å². The van der Waals surface area contributed by atoms with Crippen LogP contribution in [0.1, 0.15) is 43.9 Å². The summed E-state index contributed by atoms with van der Waals surface area (Å²) in [4.78, 5) is 27.4. The van der Waals surface area contributed by atoms with Crippen molar-refractivity contribution in [2.45, 2.75) is 59.7 Å². The van der Waals surface area contributed by atoms with Gasteiger partial charge < -0.3 is 15.0 Å². The summed E-state index contributed by atoms with van der Waals surface area (Å²) in [6, 6.07) is 10.2. The van der Waals surface area contributed by atoms with E-state index >= 15 is 0 Å². The lowest BCUT2D eigenvalue weighted by Crippen LogP contribution is -2.50. The lowest BCUT2D eigenvalue weighted by atomic mass is 10.1. The predicted molar refractivity (Wildman–Crippen MR) is 126 cm³/mol. The summed E-state index contributed by atoms with van der Waals surface area (Å²) in [6.45, 7) is 9.53. The van der Waals surface area contributed by atoms with E-state index in [0.29, 0.717) is 21.4 Å². The molecule has 5 nitrogen and oxygen atoms in total. The van der Waals surface area contributed by atoms with Crippen LogP contribution >= 0.6 is 23.2 Å². The first-order chi connectivity index (χ1) is 14.6. The second-order valence-corrected chi connectivity index (χ2v) is 8.65. The van der Waals surface area contributed by atoms with Gasteiger partial charge in [-0.15, -0.1) is 0 Å². The monoisotopic (exact) mass is 464 g/mol. The van der Waals surface area contributed by atoms with Gasteiger partial charge in [0.1, 0.15) is 11.8 Å². The zero-order valence-corrected chi connectivity index (χ0v) is 20.2. The summed E-state index contributed by atoms with van der Waals surface area (Å²) in [7, 11) is 0. The van der Waals surface area contributed by atoms with Crippen LogP contribution in [-0.4, -0.2) is 35.4 Å². The number of nitrogens with zero attached hydrogens (tertiary/aromatic N) is 1. The third-order valence-corrected chi connectivity index (χ3v) is 5.79. The Morgan fingerprint density at radius 3 is 2.42 bits per heavy atom. The summed E-state index contributed by atoms with van der Waals surface area (Å²) >= 11 is 12.3. The highest BCUT2D eigenvalue weighted by molar-refractivity contribution is 6.35. The number of hydrogen-bond donors (Lipinski definition) is 1. The SMILES string of the molecule is CC[C@@H](C)NC(=O)[C@@H](C)N(Cc1ccc(Cl)cc1Cl)C(=O)COc1ccc(C)cc1C. The zero-order chi connectivity index (χ0) is 23.1. The van der Waals surface area contributed by atoms with Gasteiger partial charge in [0.15, 0.2) is 6.61 Å². The number of amides is 2. The fourth-order valence-electron chi connectivity index (χ4n) is 3.07. The van der Waals surface area contributed by atoms with E-state index in [-0.39, 0.29) is 31.0 Å². The van der Waals surface area contributed by atoms with Crippen molar-refractivity contribution in [1.82, 2.24) is 10.2 Å².